The van der Waals surface area contributed by atoms with Crippen molar-refractivity contribution < 1.29 is 80.1 Å². The molecule has 2 rings (SSSR count). The number of aliphatic carboxylic acids is 1. The number of unbranched alkanes of at least 4 members (excludes halogenated alkanes) is 2. The first-order valence-corrected chi connectivity index (χ1v) is 24.4. The van der Waals surface area contributed by atoms with Gasteiger partial charge >= 0.3 is 5.97 Å². The highest BCUT2D eigenvalue weighted by Gasteiger charge is 2.43. The van der Waals surface area contributed by atoms with Crippen molar-refractivity contribution in [3.05, 3.63) is 35.4 Å². The molecule has 25 heteroatoms. The number of aliphatic hydroxyl groups is 4. The van der Waals surface area contributed by atoms with E-state index in [-0.39, 0.29) is 36.5 Å². The van der Waals surface area contributed by atoms with E-state index in [9.17, 15) is 63.9 Å². The van der Waals surface area contributed by atoms with Gasteiger partial charge in [0.05, 0.1) is 32.8 Å². The Bertz CT molecular complexity index is 1800. The molecule has 0 radical (unpaired) electrons. The van der Waals surface area contributed by atoms with Gasteiger partial charge in [-0.1, -0.05) is 26.0 Å². The van der Waals surface area contributed by atoms with Gasteiger partial charge in [-0.05, 0) is 87.7 Å². The second-order valence-corrected chi connectivity index (χ2v) is 18.4. The summed E-state index contributed by atoms with van der Waals surface area (Å²) in [6.45, 7) is 4.47. The number of thioether (sulfide) groups is 1. The lowest BCUT2D eigenvalue weighted by Crippen LogP contribution is -2.57. The van der Waals surface area contributed by atoms with Crippen molar-refractivity contribution in [1.82, 2.24) is 37.2 Å². The van der Waals surface area contributed by atoms with Gasteiger partial charge in [-0.25, -0.2) is 4.79 Å². The molecule has 23 nitrogen and oxygen atoms in total. The van der Waals surface area contributed by atoms with Crippen molar-refractivity contribution in [3.8, 4) is 0 Å². The number of hydrogen-bond acceptors (Lipinski definition) is 15. The van der Waals surface area contributed by atoms with Gasteiger partial charge < -0.3 is 79.0 Å². The summed E-state index contributed by atoms with van der Waals surface area (Å²) in [6.07, 6.45) is -1.94. The number of carboxylic acid groups (broad SMARTS) is 1. The van der Waals surface area contributed by atoms with Crippen molar-refractivity contribution in [1.29, 1.82) is 0 Å². The number of amides is 7. The Labute approximate surface area is 405 Å². The fourth-order valence-corrected chi connectivity index (χ4v) is 8.19. The smallest absolute Gasteiger partial charge is 0.326 e. The number of ether oxygens (including phenoxy) is 1. The topological polar surface area (TPSA) is 386 Å². The van der Waals surface area contributed by atoms with Crippen LogP contribution in [-0.2, 0) is 44.7 Å². The lowest BCUT2D eigenvalue weighted by molar-refractivity contribution is -0.368. The molecule has 0 spiro atoms. The Hall–Kier alpha value is -4.60. The summed E-state index contributed by atoms with van der Waals surface area (Å²) in [7, 11) is 0. The van der Waals surface area contributed by atoms with Gasteiger partial charge in [0, 0.05) is 11.3 Å². The second kappa shape index (κ2) is 31.5. The van der Waals surface area contributed by atoms with Crippen LogP contribution in [0.1, 0.15) is 81.6 Å². The summed E-state index contributed by atoms with van der Waals surface area (Å²) >= 11 is 5.42. The van der Waals surface area contributed by atoms with Gasteiger partial charge in [-0.3, -0.25) is 33.6 Å². The molecule has 1 aromatic rings. The third-order valence-corrected chi connectivity index (χ3v) is 12.3. The molecule has 7 amide bonds. The van der Waals surface area contributed by atoms with Gasteiger partial charge in [-0.15, -0.1) is 11.8 Å². The molecule has 1 aliphatic heterocycles. The van der Waals surface area contributed by atoms with Crippen LogP contribution in [0.2, 0.25) is 0 Å². The standard InChI is InChI=1S/C43H71N9O14S2/c1-23(2)18-29(42(64)65)51-40(62)28(9-5-7-16-45)49-37(59)24(3)48-33(55)20-46-32(54)19-47-39(61)27(8-4-6-15-44)50-41(63)30(22-67)52-38(60)26-12-10-25(11-13-26)14-17-68-43-36(58)35(57)34(56)31(21-53)66-43/h10-13,23-24,27-31,34-36,43,53,56-58,67H,4-9,14-22,44-45H2,1-3H3,(H,46,54)(H,47,61)(H,48,55)(H,49,59)(H,50,63)(H,51,62)(H,52,60)(H,64,65)/p+2/t24?,27?,28?,29?,30?,31-,34+,35+,36-,43+/m1/s1. The number of carbonyl (C=O) groups excluding carboxylic acids is 7. The minimum Gasteiger partial charge on any atom is -0.480 e. The highest BCUT2D eigenvalue weighted by atomic mass is 32.2. The molecule has 18 N–H and O–H groups in total. The summed E-state index contributed by atoms with van der Waals surface area (Å²) in [4.78, 5) is 103. The maximum atomic E-state index is 13.4. The predicted molar refractivity (Wildman–Crippen MR) is 251 cm³/mol. The highest BCUT2D eigenvalue weighted by molar-refractivity contribution is 7.99. The van der Waals surface area contributed by atoms with Gasteiger partial charge in [0.2, 0.25) is 35.4 Å². The lowest BCUT2D eigenvalue weighted by Gasteiger charge is -2.39. The zero-order chi connectivity index (χ0) is 50.9. The van der Waals surface area contributed by atoms with Crippen molar-refractivity contribution in [2.24, 2.45) is 5.92 Å². The molecular formula is C43H73N9O14S2+2. The number of carbonyl (C=O) groups is 8. The summed E-state index contributed by atoms with van der Waals surface area (Å²) < 4.78 is 5.52. The van der Waals surface area contributed by atoms with E-state index >= 15 is 0 Å². The van der Waals surface area contributed by atoms with Gasteiger partial charge in [0.25, 0.3) is 5.91 Å². The maximum Gasteiger partial charge on any atom is 0.326 e. The van der Waals surface area contributed by atoms with E-state index in [0.717, 1.165) is 5.56 Å². The van der Waals surface area contributed by atoms with E-state index < -0.39 is 127 Å². The van der Waals surface area contributed by atoms with Gasteiger partial charge in [0.1, 0.15) is 60.1 Å². The molecule has 5 unspecified atom stereocenters. The summed E-state index contributed by atoms with van der Waals surface area (Å²) in [6, 6.07) is 0.858. The van der Waals surface area contributed by atoms with Crippen LogP contribution < -0.4 is 48.7 Å². The minimum atomic E-state index is -1.47. The van der Waals surface area contributed by atoms with E-state index in [4.69, 9.17) is 4.74 Å². The number of aryl methyl sites for hydroxylation is 1. The van der Waals surface area contributed by atoms with Crippen LogP contribution in [-0.4, -0.2) is 177 Å². The number of benzene rings is 1. The number of rotatable bonds is 31. The van der Waals surface area contributed by atoms with Crippen LogP contribution in [0.3, 0.4) is 0 Å². The Morgan fingerprint density at radius 3 is 1.81 bits per heavy atom. The van der Waals surface area contributed by atoms with Crippen molar-refractivity contribution >= 4 is 71.7 Å². The van der Waals surface area contributed by atoms with Gasteiger partial charge in [0.15, 0.2) is 0 Å². The molecule has 0 saturated carbocycles. The number of carboxylic acids is 1. The molecule has 1 aromatic carbocycles. The van der Waals surface area contributed by atoms with Crippen molar-refractivity contribution in [2.75, 3.05) is 44.3 Å². The lowest BCUT2D eigenvalue weighted by atomic mass is 10.0. The number of hydrogen-bond donors (Lipinski definition) is 15. The molecule has 384 valence electrons. The van der Waals surface area contributed by atoms with Crippen molar-refractivity contribution in [3.63, 3.8) is 0 Å². The molecule has 1 aliphatic rings. The number of thiol groups is 1. The van der Waals surface area contributed by atoms with Gasteiger partial charge in [-0.2, -0.15) is 12.6 Å². The number of quaternary nitrogens is 2. The monoisotopic (exact) mass is 1000 g/mol. The molecule has 0 bridgehead atoms. The third kappa shape index (κ3) is 21.0. The second-order valence-electron chi connectivity index (χ2n) is 16.9. The van der Waals surface area contributed by atoms with E-state index in [1.165, 1.54) is 18.7 Å². The zero-order valence-corrected chi connectivity index (χ0v) is 40.7. The Morgan fingerprint density at radius 2 is 1.25 bits per heavy atom. The first-order chi connectivity index (χ1) is 32.3. The predicted octanol–water partition coefficient (Wildman–Crippen LogP) is -5.06. The van der Waals surface area contributed by atoms with E-state index in [0.29, 0.717) is 50.9 Å². The van der Waals surface area contributed by atoms with Crippen LogP contribution in [0, 0.1) is 5.92 Å². The fourth-order valence-electron chi connectivity index (χ4n) is 6.77. The molecule has 0 aliphatic carbocycles. The first kappa shape index (κ1) is 59.5. The summed E-state index contributed by atoms with van der Waals surface area (Å²) in [5, 5.41) is 66.7. The number of nitrogens with one attached hydrogen (secondary N) is 7. The average molecular weight is 1000 g/mol. The highest BCUT2D eigenvalue weighted by Crippen LogP contribution is 2.29. The number of aliphatic hydroxyl groups excluding tert-OH is 4. The third-order valence-electron chi connectivity index (χ3n) is 10.8. The van der Waals surface area contributed by atoms with E-state index in [2.05, 4.69) is 61.3 Å². The molecule has 1 saturated heterocycles. The van der Waals surface area contributed by atoms with Crippen molar-refractivity contribution in [2.45, 2.75) is 132 Å². The first-order valence-electron chi connectivity index (χ1n) is 22.8. The Kier molecular flexibility index (Phi) is 27.6. The van der Waals surface area contributed by atoms with Crippen LogP contribution in [0.4, 0.5) is 0 Å². The fraction of sp³-hybridized carbons (Fsp3) is 0.674. The molecular weight excluding hydrogens is 931 g/mol. The van der Waals surface area contributed by atoms with Crippen LogP contribution in [0.5, 0.6) is 0 Å². The molecule has 0 aromatic heterocycles. The molecule has 68 heavy (non-hydrogen) atoms. The maximum absolute atomic E-state index is 13.4. The summed E-state index contributed by atoms with van der Waals surface area (Å²) in [5.74, 6) is -5.83. The largest absolute Gasteiger partial charge is 0.480 e. The minimum absolute atomic E-state index is 0.0241. The molecule has 1 fully saturated rings. The molecule has 1 heterocycles. The normalized spacial score (nSPS) is 20.1. The molecule has 10 atom stereocenters. The zero-order valence-electron chi connectivity index (χ0n) is 38.9. The van der Waals surface area contributed by atoms with Crippen LogP contribution >= 0.6 is 24.4 Å². The average Bonchev–Trinajstić information content (AvgIpc) is 3.30. The van der Waals surface area contributed by atoms with Crippen LogP contribution in [0.25, 0.3) is 0 Å². The van der Waals surface area contributed by atoms with E-state index in [1.54, 1.807) is 24.3 Å². The van der Waals surface area contributed by atoms with Crippen LogP contribution in [0.15, 0.2) is 24.3 Å². The Balaban J connectivity index is 1.90. The Morgan fingerprint density at radius 1 is 0.691 bits per heavy atom. The summed E-state index contributed by atoms with van der Waals surface area (Å²) in [5.41, 5.74) is 7.74. The SMILES string of the molecule is CC(C)CC(NC(=O)C(CCCC[NH3+])NC(=O)C(C)NC(=O)CNC(=O)CNC(=O)C(CCCC[NH3+])NC(=O)C(CS)NC(=O)c1ccc(CCS[C@@H]2O[C@H](CO)[C@H](O)[C@H](O)[C@H]2O)cc1)C(=O)O. The quantitative estimate of drug-likeness (QED) is 0.0245. The van der Waals surface area contributed by atoms with E-state index in [1.807, 2.05) is 13.8 Å².